The summed E-state index contributed by atoms with van der Waals surface area (Å²) in [6, 6.07) is 5.40. The summed E-state index contributed by atoms with van der Waals surface area (Å²) in [4.78, 5) is 21.5. The number of rotatable bonds is 9. The van der Waals surface area contributed by atoms with E-state index in [1.165, 1.54) is 0 Å². The van der Waals surface area contributed by atoms with Gasteiger partial charge < -0.3 is 20.5 Å². The van der Waals surface area contributed by atoms with Crippen molar-refractivity contribution in [2.45, 2.75) is 47.1 Å². The second-order valence-corrected chi connectivity index (χ2v) is 6.78. The van der Waals surface area contributed by atoms with Crippen LogP contribution >= 0.6 is 12.4 Å². The number of aromatic nitrogens is 4. The predicted octanol–water partition coefficient (Wildman–Crippen LogP) is 2.99. The van der Waals surface area contributed by atoms with E-state index in [1.54, 1.807) is 16.6 Å². The van der Waals surface area contributed by atoms with Crippen molar-refractivity contribution in [3.05, 3.63) is 41.0 Å². The van der Waals surface area contributed by atoms with Gasteiger partial charge in [-0.05, 0) is 51.8 Å². The van der Waals surface area contributed by atoms with Crippen LogP contribution < -0.4 is 20.5 Å². The van der Waals surface area contributed by atoms with E-state index in [1.807, 2.05) is 33.8 Å². The third-order valence-electron chi connectivity index (χ3n) is 4.71. The average Bonchev–Trinajstić information content (AvgIpc) is 3.13. The number of aryl methyl sites for hydroxylation is 2. The summed E-state index contributed by atoms with van der Waals surface area (Å²) in [6.07, 6.45) is 0.817. The fraction of sp³-hybridized carbons (Fsp3) is 0.429. The summed E-state index contributed by atoms with van der Waals surface area (Å²) in [7, 11) is 0. The molecule has 1 amide bonds. The van der Waals surface area contributed by atoms with Gasteiger partial charge in [0.15, 0.2) is 5.82 Å². The average molecular weight is 449 g/mol. The van der Waals surface area contributed by atoms with Gasteiger partial charge in [0.25, 0.3) is 5.78 Å². The molecular weight excluding hydrogens is 420 g/mol. The van der Waals surface area contributed by atoms with Crippen LogP contribution in [0, 0.1) is 13.8 Å². The number of amides is 1. The summed E-state index contributed by atoms with van der Waals surface area (Å²) in [5, 5.41) is 7.31. The number of fused-ring (bicyclic) bond motifs is 1. The number of nitrogens with one attached hydrogen (secondary N) is 1. The number of carbonyl (C=O) groups excluding carboxylic acids is 1. The minimum Gasteiger partial charge on any atom is -0.494 e. The van der Waals surface area contributed by atoms with Crippen molar-refractivity contribution in [1.82, 2.24) is 19.6 Å². The van der Waals surface area contributed by atoms with Crippen LogP contribution in [-0.4, -0.2) is 38.7 Å². The van der Waals surface area contributed by atoms with Gasteiger partial charge in [0.05, 0.1) is 25.4 Å². The maximum absolute atomic E-state index is 12.7. The Morgan fingerprint density at radius 3 is 2.58 bits per heavy atom. The molecule has 0 atom stereocenters. The van der Waals surface area contributed by atoms with Crippen molar-refractivity contribution in [2.24, 2.45) is 5.73 Å². The van der Waals surface area contributed by atoms with E-state index >= 15 is 0 Å². The molecule has 0 aliphatic rings. The summed E-state index contributed by atoms with van der Waals surface area (Å²) in [5.74, 6) is 2.23. The summed E-state index contributed by atoms with van der Waals surface area (Å²) >= 11 is 0. The van der Waals surface area contributed by atoms with Crippen LogP contribution in [0.2, 0.25) is 0 Å². The van der Waals surface area contributed by atoms with E-state index < -0.39 is 0 Å². The van der Waals surface area contributed by atoms with Gasteiger partial charge >= 0.3 is 0 Å². The Kier molecular flexibility index (Phi) is 8.58. The summed E-state index contributed by atoms with van der Waals surface area (Å²) in [5.41, 5.74) is 8.94. The standard InChI is InChI=1S/C21H28N6O3.ClH/c1-5-29-15-7-9-18(30-6-2)17(11-15)24-20(28)10-8-16-13(3)23-21-25-19(12-22)26-27(21)14(16)4;/h7,9,11H,5-6,8,10,12,22H2,1-4H3,(H,24,28);1H. The van der Waals surface area contributed by atoms with Crippen LogP contribution in [0.15, 0.2) is 18.2 Å². The summed E-state index contributed by atoms with van der Waals surface area (Å²) < 4.78 is 12.8. The highest BCUT2D eigenvalue weighted by atomic mass is 35.5. The number of nitrogens with zero attached hydrogens (tertiary/aromatic N) is 4. The lowest BCUT2D eigenvalue weighted by atomic mass is 10.1. The van der Waals surface area contributed by atoms with Crippen LogP contribution in [0.3, 0.4) is 0 Å². The molecule has 0 aliphatic carbocycles. The fourth-order valence-electron chi connectivity index (χ4n) is 3.29. The Morgan fingerprint density at radius 1 is 1.16 bits per heavy atom. The molecule has 1 aromatic carbocycles. The Hall–Kier alpha value is -2.91. The number of carbonyl (C=O) groups is 1. The van der Waals surface area contributed by atoms with Crippen LogP contribution in [0.4, 0.5) is 5.69 Å². The number of ether oxygens (including phenoxy) is 2. The van der Waals surface area contributed by atoms with E-state index in [0.29, 0.717) is 48.4 Å². The van der Waals surface area contributed by atoms with E-state index in [9.17, 15) is 4.79 Å². The fourth-order valence-corrected chi connectivity index (χ4v) is 3.29. The molecule has 0 fully saturated rings. The van der Waals surface area contributed by atoms with Gasteiger partial charge in [0.2, 0.25) is 5.91 Å². The number of hydrogen-bond donors (Lipinski definition) is 2. The van der Waals surface area contributed by atoms with Gasteiger partial charge in [-0.2, -0.15) is 4.98 Å². The molecule has 3 aromatic rings. The largest absolute Gasteiger partial charge is 0.494 e. The Labute approximate surface area is 187 Å². The molecule has 10 heteroatoms. The Bertz CT molecular complexity index is 1050. The SMILES string of the molecule is CCOc1ccc(OCC)c(NC(=O)CCc2c(C)nc3nc(CN)nn3c2C)c1.Cl. The first kappa shape index (κ1) is 24.4. The maximum atomic E-state index is 12.7. The highest BCUT2D eigenvalue weighted by Crippen LogP contribution is 2.29. The third kappa shape index (κ3) is 5.62. The van der Waals surface area contributed by atoms with E-state index in [2.05, 4.69) is 20.4 Å². The number of hydrogen-bond acceptors (Lipinski definition) is 7. The zero-order valence-electron chi connectivity index (χ0n) is 18.3. The number of anilines is 1. The Morgan fingerprint density at radius 2 is 1.90 bits per heavy atom. The first-order valence-electron chi connectivity index (χ1n) is 10.1. The van der Waals surface area contributed by atoms with E-state index in [0.717, 1.165) is 17.0 Å². The van der Waals surface area contributed by atoms with Gasteiger partial charge in [-0.1, -0.05) is 0 Å². The maximum Gasteiger partial charge on any atom is 0.252 e. The molecule has 9 nitrogen and oxygen atoms in total. The normalized spacial score (nSPS) is 10.6. The van der Waals surface area contributed by atoms with Crippen LogP contribution in [0.1, 0.15) is 43.0 Å². The molecule has 0 saturated carbocycles. The van der Waals surface area contributed by atoms with Crippen molar-refractivity contribution >= 4 is 29.8 Å². The zero-order valence-corrected chi connectivity index (χ0v) is 19.1. The first-order chi connectivity index (χ1) is 14.5. The summed E-state index contributed by atoms with van der Waals surface area (Å²) in [6.45, 7) is 8.97. The molecule has 0 saturated heterocycles. The van der Waals surface area contributed by atoms with Crippen LogP contribution in [0.5, 0.6) is 11.5 Å². The lowest BCUT2D eigenvalue weighted by molar-refractivity contribution is -0.116. The lowest BCUT2D eigenvalue weighted by Gasteiger charge is -2.14. The lowest BCUT2D eigenvalue weighted by Crippen LogP contribution is -2.15. The topological polar surface area (TPSA) is 117 Å². The van der Waals surface area contributed by atoms with Crippen molar-refractivity contribution in [3.63, 3.8) is 0 Å². The minimum absolute atomic E-state index is 0. The van der Waals surface area contributed by atoms with Gasteiger partial charge in [-0.3, -0.25) is 4.79 Å². The van der Waals surface area contributed by atoms with Gasteiger partial charge in [0.1, 0.15) is 11.5 Å². The van der Waals surface area contributed by atoms with Crippen LogP contribution in [0.25, 0.3) is 5.78 Å². The predicted molar refractivity (Wildman–Crippen MR) is 121 cm³/mol. The molecule has 31 heavy (non-hydrogen) atoms. The number of benzene rings is 1. The number of nitrogens with two attached hydrogens (primary N) is 1. The zero-order chi connectivity index (χ0) is 21.7. The molecule has 3 N–H and O–H groups in total. The molecule has 3 rings (SSSR count). The van der Waals surface area contributed by atoms with E-state index in [-0.39, 0.29) is 31.3 Å². The van der Waals surface area contributed by atoms with Crippen molar-refractivity contribution in [3.8, 4) is 11.5 Å². The molecule has 2 aromatic heterocycles. The van der Waals surface area contributed by atoms with Crippen molar-refractivity contribution in [1.29, 1.82) is 0 Å². The molecule has 0 aliphatic heterocycles. The Balaban J connectivity index is 0.00000341. The second-order valence-electron chi connectivity index (χ2n) is 6.78. The molecular formula is C21H29ClN6O3. The molecule has 0 spiro atoms. The van der Waals surface area contributed by atoms with E-state index in [4.69, 9.17) is 15.2 Å². The minimum atomic E-state index is -0.121. The van der Waals surface area contributed by atoms with Crippen molar-refractivity contribution < 1.29 is 14.3 Å². The monoisotopic (exact) mass is 448 g/mol. The quantitative estimate of drug-likeness (QED) is 0.516. The highest BCUT2D eigenvalue weighted by molar-refractivity contribution is 5.92. The first-order valence-corrected chi connectivity index (χ1v) is 10.1. The second kappa shape index (κ2) is 10.9. The molecule has 0 radical (unpaired) electrons. The highest BCUT2D eigenvalue weighted by Gasteiger charge is 2.15. The van der Waals surface area contributed by atoms with Crippen LogP contribution in [-0.2, 0) is 17.8 Å². The molecule has 2 heterocycles. The molecule has 0 bridgehead atoms. The number of halogens is 1. The van der Waals surface area contributed by atoms with Crippen molar-refractivity contribution in [2.75, 3.05) is 18.5 Å². The molecule has 0 unspecified atom stereocenters. The molecule has 168 valence electrons. The van der Waals surface area contributed by atoms with Gasteiger partial charge in [-0.15, -0.1) is 17.5 Å². The van der Waals surface area contributed by atoms with Gasteiger partial charge in [0, 0.05) is 23.9 Å². The smallest absolute Gasteiger partial charge is 0.252 e. The van der Waals surface area contributed by atoms with Gasteiger partial charge in [-0.25, -0.2) is 9.50 Å². The third-order valence-corrected chi connectivity index (χ3v) is 4.71.